The van der Waals surface area contributed by atoms with E-state index in [4.69, 9.17) is 0 Å². The number of thioether (sulfide) groups is 1. The van der Waals surface area contributed by atoms with Crippen molar-refractivity contribution in [2.24, 2.45) is 7.05 Å². The van der Waals surface area contributed by atoms with Crippen LogP contribution in [0.4, 0.5) is 4.79 Å². The summed E-state index contributed by atoms with van der Waals surface area (Å²) in [7, 11) is 1.89. The minimum atomic E-state index is -0.443. The molecular formula is C17H23N5O2S2. The van der Waals surface area contributed by atoms with Gasteiger partial charge in [-0.05, 0) is 31.2 Å². The Hall–Kier alpha value is -1.87. The molecule has 1 aliphatic rings. The first-order chi connectivity index (χ1) is 12.5. The van der Waals surface area contributed by atoms with E-state index in [1.807, 2.05) is 23.1 Å². The number of carbonyl (C=O) groups excluding carboxylic acids is 2. The molecule has 0 aromatic carbocycles. The first-order valence-electron chi connectivity index (χ1n) is 8.71. The van der Waals surface area contributed by atoms with E-state index in [-0.39, 0.29) is 11.9 Å². The molecule has 1 fully saturated rings. The normalized spacial score (nSPS) is 15.8. The molecule has 0 bridgehead atoms. The molecule has 2 heterocycles. The van der Waals surface area contributed by atoms with Crippen LogP contribution in [-0.4, -0.2) is 38.0 Å². The SMILES string of the molecule is C[C@@H](Sc1nnc(Cc2cccs2)n1C)C(=O)NC(=O)NC1CCCC1. The van der Waals surface area contributed by atoms with Crippen LogP contribution in [-0.2, 0) is 18.3 Å². The zero-order valence-corrected chi connectivity index (χ0v) is 16.5. The fourth-order valence-corrected chi connectivity index (χ4v) is 4.42. The van der Waals surface area contributed by atoms with Crippen LogP contribution in [0.1, 0.15) is 43.3 Å². The molecule has 140 valence electrons. The van der Waals surface area contributed by atoms with Crippen molar-refractivity contribution in [2.75, 3.05) is 0 Å². The largest absolute Gasteiger partial charge is 0.335 e. The fraction of sp³-hybridized carbons (Fsp3) is 0.529. The zero-order chi connectivity index (χ0) is 18.5. The summed E-state index contributed by atoms with van der Waals surface area (Å²) in [6, 6.07) is 3.84. The third-order valence-electron chi connectivity index (χ3n) is 4.42. The second kappa shape index (κ2) is 8.68. The Morgan fingerprint density at radius 3 is 2.85 bits per heavy atom. The second-order valence-corrected chi connectivity index (χ2v) is 8.76. The minimum Gasteiger partial charge on any atom is -0.335 e. The second-order valence-electron chi connectivity index (χ2n) is 6.42. The van der Waals surface area contributed by atoms with E-state index >= 15 is 0 Å². The number of aromatic nitrogens is 3. The van der Waals surface area contributed by atoms with Crippen molar-refractivity contribution < 1.29 is 9.59 Å². The number of hydrogen-bond donors (Lipinski definition) is 2. The van der Waals surface area contributed by atoms with Crippen molar-refractivity contribution >= 4 is 35.0 Å². The van der Waals surface area contributed by atoms with Gasteiger partial charge in [-0.25, -0.2) is 4.79 Å². The van der Waals surface area contributed by atoms with Gasteiger partial charge in [0.2, 0.25) is 5.91 Å². The van der Waals surface area contributed by atoms with Gasteiger partial charge in [-0.15, -0.1) is 21.5 Å². The van der Waals surface area contributed by atoms with E-state index in [1.165, 1.54) is 16.6 Å². The molecule has 26 heavy (non-hydrogen) atoms. The van der Waals surface area contributed by atoms with Gasteiger partial charge in [0, 0.05) is 24.4 Å². The number of hydrogen-bond acceptors (Lipinski definition) is 6. The van der Waals surface area contributed by atoms with Crippen molar-refractivity contribution in [1.29, 1.82) is 0 Å². The number of imide groups is 1. The third-order valence-corrected chi connectivity index (χ3v) is 6.43. The summed E-state index contributed by atoms with van der Waals surface area (Å²) in [5, 5.41) is 15.9. The molecule has 9 heteroatoms. The zero-order valence-electron chi connectivity index (χ0n) is 14.9. The Morgan fingerprint density at radius 1 is 1.38 bits per heavy atom. The summed E-state index contributed by atoms with van der Waals surface area (Å²) in [4.78, 5) is 25.4. The van der Waals surface area contributed by atoms with Gasteiger partial charge in [0.1, 0.15) is 5.82 Å². The molecule has 1 aliphatic carbocycles. The molecule has 3 rings (SSSR count). The molecule has 3 amide bonds. The van der Waals surface area contributed by atoms with E-state index in [0.717, 1.165) is 31.5 Å². The number of nitrogens with zero attached hydrogens (tertiary/aromatic N) is 3. The molecule has 0 saturated heterocycles. The maximum Gasteiger partial charge on any atom is 0.321 e. The van der Waals surface area contributed by atoms with Crippen molar-refractivity contribution in [3.05, 3.63) is 28.2 Å². The molecule has 2 N–H and O–H groups in total. The molecular weight excluding hydrogens is 370 g/mol. The first kappa shape index (κ1) is 18.9. The molecule has 0 aliphatic heterocycles. The molecule has 0 unspecified atom stereocenters. The summed E-state index contributed by atoms with van der Waals surface area (Å²) in [6.07, 6.45) is 4.94. The van der Waals surface area contributed by atoms with Crippen LogP contribution < -0.4 is 10.6 Å². The topological polar surface area (TPSA) is 88.9 Å². The van der Waals surface area contributed by atoms with Gasteiger partial charge in [-0.1, -0.05) is 30.7 Å². The van der Waals surface area contributed by atoms with Gasteiger partial charge in [0.05, 0.1) is 5.25 Å². The molecule has 2 aromatic rings. The predicted molar refractivity (Wildman–Crippen MR) is 102 cm³/mol. The Balaban J connectivity index is 1.52. The number of nitrogens with one attached hydrogen (secondary N) is 2. The number of urea groups is 1. The maximum absolute atomic E-state index is 12.3. The van der Waals surface area contributed by atoms with E-state index in [0.29, 0.717) is 11.6 Å². The highest BCUT2D eigenvalue weighted by atomic mass is 32.2. The van der Waals surface area contributed by atoms with E-state index in [2.05, 4.69) is 26.9 Å². The standard InChI is InChI=1S/C17H23N5O2S2/c1-11(15(23)19-16(24)18-12-6-3-4-7-12)26-17-21-20-14(22(17)2)10-13-8-5-9-25-13/h5,8-9,11-12H,3-4,6-7,10H2,1-2H3,(H2,18,19,23,24)/t11-/m1/s1. The highest BCUT2D eigenvalue weighted by molar-refractivity contribution is 8.00. The Morgan fingerprint density at radius 2 is 2.15 bits per heavy atom. The average Bonchev–Trinajstić information content (AvgIpc) is 3.34. The molecule has 1 atom stereocenters. The molecule has 2 aromatic heterocycles. The summed E-state index contributed by atoms with van der Waals surface area (Å²) in [5.74, 6) is 0.523. The van der Waals surface area contributed by atoms with E-state index in [1.54, 1.807) is 18.3 Å². The lowest BCUT2D eigenvalue weighted by molar-refractivity contribution is -0.119. The van der Waals surface area contributed by atoms with Crippen LogP contribution in [0.15, 0.2) is 22.7 Å². The van der Waals surface area contributed by atoms with Crippen LogP contribution in [0.2, 0.25) is 0 Å². The average molecular weight is 394 g/mol. The van der Waals surface area contributed by atoms with E-state index < -0.39 is 11.3 Å². The van der Waals surface area contributed by atoms with Gasteiger partial charge in [-0.3, -0.25) is 10.1 Å². The van der Waals surface area contributed by atoms with Gasteiger partial charge < -0.3 is 9.88 Å². The number of carbonyl (C=O) groups is 2. The number of rotatable bonds is 6. The summed E-state index contributed by atoms with van der Waals surface area (Å²) >= 11 is 2.97. The quantitative estimate of drug-likeness (QED) is 0.737. The molecule has 0 spiro atoms. The number of amides is 3. The fourth-order valence-electron chi connectivity index (χ4n) is 2.89. The summed E-state index contributed by atoms with van der Waals surface area (Å²) in [6.45, 7) is 1.76. The van der Waals surface area contributed by atoms with Gasteiger partial charge in [0.15, 0.2) is 5.16 Å². The Kier molecular flexibility index (Phi) is 6.31. The highest BCUT2D eigenvalue weighted by Gasteiger charge is 2.23. The lowest BCUT2D eigenvalue weighted by atomic mass is 10.2. The van der Waals surface area contributed by atoms with Crippen LogP contribution in [0, 0.1) is 0 Å². The molecule has 0 radical (unpaired) electrons. The van der Waals surface area contributed by atoms with Gasteiger partial charge in [-0.2, -0.15) is 0 Å². The molecule has 1 saturated carbocycles. The van der Waals surface area contributed by atoms with Crippen LogP contribution in [0.3, 0.4) is 0 Å². The van der Waals surface area contributed by atoms with Crippen molar-refractivity contribution in [3.8, 4) is 0 Å². The minimum absolute atomic E-state index is 0.185. The van der Waals surface area contributed by atoms with Crippen molar-refractivity contribution in [2.45, 2.75) is 55.5 Å². The first-order valence-corrected chi connectivity index (χ1v) is 10.5. The van der Waals surface area contributed by atoms with Crippen LogP contribution in [0.25, 0.3) is 0 Å². The van der Waals surface area contributed by atoms with Crippen molar-refractivity contribution in [1.82, 2.24) is 25.4 Å². The Bertz CT molecular complexity index is 753. The lowest BCUT2D eigenvalue weighted by Crippen LogP contribution is -2.45. The smallest absolute Gasteiger partial charge is 0.321 e. The van der Waals surface area contributed by atoms with Gasteiger partial charge in [0.25, 0.3) is 0 Å². The summed E-state index contributed by atoms with van der Waals surface area (Å²) in [5.41, 5.74) is 0. The lowest BCUT2D eigenvalue weighted by Gasteiger charge is -2.14. The summed E-state index contributed by atoms with van der Waals surface area (Å²) < 4.78 is 1.90. The maximum atomic E-state index is 12.3. The van der Waals surface area contributed by atoms with Crippen molar-refractivity contribution in [3.63, 3.8) is 0 Å². The predicted octanol–water partition coefficient (Wildman–Crippen LogP) is 2.72. The third kappa shape index (κ3) is 4.85. The highest BCUT2D eigenvalue weighted by Crippen LogP contribution is 2.23. The molecule has 7 nitrogen and oxygen atoms in total. The number of thiophene rings is 1. The Labute approximate surface area is 161 Å². The van der Waals surface area contributed by atoms with Crippen LogP contribution in [0.5, 0.6) is 0 Å². The monoisotopic (exact) mass is 393 g/mol. The van der Waals surface area contributed by atoms with Crippen LogP contribution >= 0.6 is 23.1 Å². The van der Waals surface area contributed by atoms with E-state index in [9.17, 15) is 9.59 Å². The van der Waals surface area contributed by atoms with Gasteiger partial charge >= 0.3 is 6.03 Å².